The Balaban J connectivity index is 2.84. The smallest absolute Gasteiger partial charge is 0.256 e. The minimum absolute atomic E-state index is 0.142. The van der Waals surface area contributed by atoms with E-state index in [1.165, 1.54) is 0 Å². The second-order valence-corrected chi connectivity index (χ2v) is 5.15. The van der Waals surface area contributed by atoms with E-state index in [0.717, 1.165) is 12.0 Å². The molecule has 0 fully saturated rings. The molecule has 5 heteroatoms. The lowest BCUT2D eigenvalue weighted by molar-refractivity contribution is -0.139. The Morgan fingerprint density at radius 3 is 2.57 bits per heavy atom. The van der Waals surface area contributed by atoms with Crippen LogP contribution in [-0.4, -0.2) is 29.7 Å². The molecule has 1 aromatic rings. The largest absolute Gasteiger partial charge is 0.478 e. The third-order valence-corrected chi connectivity index (χ3v) is 3.24. The van der Waals surface area contributed by atoms with Crippen molar-refractivity contribution in [1.29, 1.82) is 0 Å². The van der Waals surface area contributed by atoms with Gasteiger partial charge in [0.1, 0.15) is 5.60 Å². The van der Waals surface area contributed by atoms with E-state index in [1.54, 1.807) is 6.20 Å². The fourth-order valence-corrected chi connectivity index (χ4v) is 2.23. The second-order valence-electron chi connectivity index (χ2n) is 5.15. The normalized spacial score (nSPS) is 13.6. The van der Waals surface area contributed by atoms with E-state index < -0.39 is 5.60 Å². The average Bonchev–Trinajstić information content (AvgIpc) is 2.42. The molecule has 0 aromatic carbocycles. The first-order chi connectivity index (χ1) is 9.96. The number of ether oxygens (including phenoxy) is 2. The van der Waals surface area contributed by atoms with Gasteiger partial charge in [0.15, 0.2) is 0 Å². The molecule has 0 saturated heterocycles. The van der Waals surface area contributed by atoms with Crippen molar-refractivity contribution in [3.05, 3.63) is 17.8 Å². The van der Waals surface area contributed by atoms with Crippen LogP contribution in [0.1, 0.15) is 46.1 Å². The van der Waals surface area contributed by atoms with Crippen LogP contribution >= 0.6 is 0 Å². The summed E-state index contributed by atoms with van der Waals surface area (Å²) in [5, 5.41) is 2.88. The van der Waals surface area contributed by atoms with Crippen molar-refractivity contribution in [2.45, 2.75) is 53.1 Å². The zero-order valence-corrected chi connectivity index (χ0v) is 13.7. The van der Waals surface area contributed by atoms with E-state index in [1.807, 2.05) is 40.7 Å². The summed E-state index contributed by atoms with van der Waals surface area (Å²) in [7, 11) is 0. The Morgan fingerprint density at radius 2 is 2.05 bits per heavy atom. The Kier molecular flexibility index (Phi) is 6.62. The van der Waals surface area contributed by atoms with Gasteiger partial charge in [-0.3, -0.25) is 4.79 Å². The van der Waals surface area contributed by atoms with Gasteiger partial charge in [0.05, 0.1) is 18.5 Å². The van der Waals surface area contributed by atoms with Crippen molar-refractivity contribution >= 4 is 11.6 Å². The molecule has 1 rings (SSSR count). The molecular formula is C16H26N2O3. The van der Waals surface area contributed by atoms with Gasteiger partial charge in [-0.2, -0.15) is 0 Å². The summed E-state index contributed by atoms with van der Waals surface area (Å²) in [5.41, 5.74) is 0.738. The summed E-state index contributed by atoms with van der Waals surface area (Å²) in [6.07, 6.45) is 3.16. The maximum Gasteiger partial charge on any atom is 0.256 e. The number of carbonyl (C=O) groups is 1. The summed E-state index contributed by atoms with van der Waals surface area (Å²) in [6, 6.07) is 1.86. The van der Waals surface area contributed by atoms with E-state index in [4.69, 9.17) is 9.47 Å². The van der Waals surface area contributed by atoms with E-state index in [9.17, 15) is 4.79 Å². The first-order valence-electron chi connectivity index (χ1n) is 7.51. The number of hydrogen-bond acceptors (Lipinski definition) is 4. The fraction of sp³-hybridized carbons (Fsp3) is 0.625. The molecule has 0 aliphatic carbocycles. The fourth-order valence-electron chi connectivity index (χ4n) is 2.23. The van der Waals surface area contributed by atoms with E-state index in [0.29, 0.717) is 31.2 Å². The highest BCUT2D eigenvalue weighted by Gasteiger charge is 2.33. The SMILES string of the molecule is CCC[C@@](C)(OCC)C(=O)Nc1cnc(OCC)c(C)c1. The van der Waals surface area contributed by atoms with Gasteiger partial charge in [0.2, 0.25) is 5.88 Å². The van der Waals surface area contributed by atoms with Crippen molar-refractivity contribution in [3.63, 3.8) is 0 Å². The number of nitrogens with one attached hydrogen (secondary N) is 1. The van der Waals surface area contributed by atoms with Crippen LogP contribution in [0, 0.1) is 6.92 Å². The van der Waals surface area contributed by atoms with Gasteiger partial charge < -0.3 is 14.8 Å². The lowest BCUT2D eigenvalue weighted by atomic mass is 9.99. The molecule has 0 aliphatic rings. The van der Waals surface area contributed by atoms with Crippen LogP contribution in [0.3, 0.4) is 0 Å². The molecule has 21 heavy (non-hydrogen) atoms. The van der Waals surface area contributed by atoms with Crippen LogP contribution in [0.5, 0.6) is 5.88 Å². The van der Waals surface area contributed by atoms with Gasteiger partial charge in [0.25, 0.3) is 5.91 Å². The standard InChI is InChI=1S/C16H26N2O3/c1-6-9-16(5,21-8-3)15(19)18-13-10-12(4)14(17-11-13)20-7-2/h10-11H,6-9H2,1-5H3,(H,18,19)/t16-/m1/s1. The quantitative estimate of drug-likeness (QED) is 0.799. The molecule has 0 saturated carbocycles. The first-order valence-corrected chi connectivity index (χ1v) is 7.51. The van der Waals surface area contributed by atoms with Gasteiger partial charge in [-0.05, 0) is 40.2 Å². The summed E-state index contributed by atoms with van der Waals surface area (Å²) in [5.74, 6) is 0.452. The molecule has 1 amide bonds. The van der Waals surface area contributed by atoms with Crippen molar-refractivity contribution in [3.8, 4) is 5.88 Å². The van der Waals surface area contributed by atoms with Crippen LogP contribution in [-0.2, 0) is 9.53 Å². The van der Waals surface area contributed by atoms with Crippen LogP contribution in [0.15, 0.2) is 12.3 Å². The first kappa shape index (κ1) is 17.4. The molecule has 0 aliphatic heterocycles. The highest BCUT2D eigenvalue weighted by Crippen LogP contribution is 2.23. The number of aromatic nitrogens is 1. The van der Waals surface area contributed by atoms with Crippen molar-refractivity contribution in [2.75, 3.05) is 18.5 Å². The minimum Gasteiger partial charge on any atom is -0.478 e. The van der Waals surface area contributed by atoms with Crippen molar-refractivity contribution < 1.29 is 14.3 Å². The molecule has 5 nitrogen and oxygen atoms in total. The number of nitrogens with zero attached hydrogens (tertiary/aromatic N) is 1. The molecule has 0 spiro atoms. The predicted molar refractivity (Wildman–Crippen MR) is 83.7 cm³/mol. The molecule has 1 atom stereocenters. The molecular weight excluding hydrogens is 268 g/mol. The summed E-state index contributed by atoms with van der Waals surface area (Å²) in [6.45, 7) is 10.6. The van der Waals surface area contributed by atoms with Crippen LogP contribution in [0.2, 0.25) is 0 Å². The van der Waals surface area contributed by atoms with E-state index >= 15 is 0 Å². The Morgan fingerprint density at radius 1 is 1.33 bits per heavy atom. The van der Waals surface area contributed by atoms with E-state index in [-0.39, 0.29) is 5.91 Å². The highest BCUT2D eigenvalue weighted by molar-refractivity contribution is 5.97. The molecule has 118 valence electrons. The minimum atomic E-state index is -0.810. The lowest BCUT2D eigenvalue weighted by Gasteiger charge is -2.27. The highest BCUT2D eigenvalue weighted by atomic mass is 16.5. The summed E-state index contributed by atoms with van der Waals surface area (Å²) < 4.78 is 11.0. The number of rotatable bonds is 8. The number of carbonyl (C=O) groups excluding carboxylic acids is 1. The summed E-state index contributed by atoms with van der Waals surface area (Å²) >= 11 is 0. The molecule has 1 heterocycles. The zero-order valence-electron chi connectivity index (χ0n) is 13.7. The number of hydrogen-bond donors (Lipinski definition) is 1. The van der Waals surface area contributed by atoms with Gasteiger partial charge >= 0.3 is 0 Å². The molecule has 1 aromatic heterocycles. The number of pyridine rings is 1. The maximum atomic E-state index is 12.4. The second kappa shape index (κ2) is 7.98. The van der Waals surface area contributed by atoms with Gasteiger partial charge in [-0.15, -0.1) is 0 Å². The average molecular weight is 294 g/mol. The van der Waals surface area contributed by atoms with Crippen LogP contribution < -0.4 is 10.1 Å². The maximum absolute atomic E-state index is 12.4. The van der Waals surface area contributed by atoms with Crippen molar-refractivity contribution in [1.82, 2.24) is 4.98 Å². The van der Waals surface area contributed by atoms with Gasteiger partial charge in [-0.1, -0.05) is 13.3 Å². The van der Waals surface area contributed by atoms with Gasteiger partial charge in [-0.25, -0.2) is 4.98 Å². The number of anilines is 1. The third kappa shape index (κ3) is 4.70. The zero-order chi connectivity index (χ0) is 15.9. The summed E-state index contributed by atoms with van der Waals surface area (Å²) in [4.78, 5) is 16.7. The number of amides is 1. The number of aryl methyl sites for hydroxylation is 1. The van der Waals surface area contributed by atoms with Crippen LogP contribution in [0.4, 0.5) is 5.69 Å². The van der Waals surface area contributed by atoms with Gasteiger partial charge in [0, 0.05) is 12.2 Å². The predicted octanol–water partition coefficient (Wildman–Crippen LogP) is 3.32. The third-order valence-electron chi connectivity index (χ3n) is 3.24. The molecule has 0 bridgehead atoms. The Hall–Kier alpha value is -1.62. The molecule has 0 unspecified atom stereocenters. The van der Waals surface area contributed by atoms with Crippen LogP contribution in [0.25, 0.3) is 0 Å². The monoisotopic (exact) mass is 294 g/mol. The topological polar surface area (TPSA) is 60.5 Å². The van der Waals surface area contributed by atoms with E-state index in [2.05, 4.69) is 10.3 Å². The molecule has 0 radical (unpaired) electrons. The lowest BCUT2D eigenvalue weighted by Crippen LogP contribution is -2.42. The Bertz CT molecular complexity index is 469. The Labute approximate surface area is 127 Å². The van der Waals surface area contributed by atoms with Crippen molar-refractivity contribution in [2.24, 2.45) is 0 Å². The molecule has 1 N–H and O–H groups in total.